The Kier molecular flexibility index (Phi) is 6.53. The number of hydrogen-bond acceptors (Lipinski definition) is 3. The van der Waals surface area contributed by atoms with Gasteiger partial charge in [0.2, 0.25) is 5.91 Å². The van der Waals surface area contributed by atoms with E-state index in [4.69, 9.17) is 4.74 Å². The number of hydrogen-bond donors (Lipinski definition) is 1. The van der Waals surface area contributed by atoms with Crippen LogP contribution in [-0.4, -0.2) is 48.5 Å². The van der Waals surface area contributed by atoms with Gasteiger partial charge in [-0.05, 0) is 48.7 Å². The molecule has 0 fully saturated rings. The van der Waals surface area contributed by atoms with Gasteiger partial charge in [0.1, 0.15) is 5.75 Å². The Hall–Kier alpha value is -3.02. The molecule has 2 aromatic rings. The SMILES string of the molecule is CCOc1ccc(NC(=O)N(C)CCC(=O)N2CCc3ccccc3C2)cc1. The fourth-order valence-corrected chi connectivity index (χ4v) is 3.25. The van der Waals surface area contributed by atoms with Crippen molar-refractivity contribution in [3.8, 4) is 5.75 Å². The van der Waals surface area contributed by atoms with E-state index in [1.807, 2.05) is 36.1 Å². The third-order valence-corrected chi connectivity index (χ3v) is 4.91. The van der Waals surface area contributed by atoms with Crippen LogP contribution in [0.2, 0.25) is 0 Å². The first kappa shape index (κ1) is 19.7. The van der Waals surface area contributed by atoms with Crippen molar-refractivity contribution < 1.29 is 14.3 Å². The number of carbonyl (C=O) groups excluding carboxylic acids is 2. The highest BCUT2D eigenvalue weighted by molar-refractivity contribution is 5.89. The minimum absolute atomic E-state index is 0.0789. The maximum absolute atomic E-state index is 12.5. The van der Waals surface area contributed by atoms with Gasteiger partial charge in [0.25, 0.3) is 0 Å². The number of nitrogens with zero attached hydrogens (tertiary/aromatic N) is 2. The number of ether oxygens (including phenoxy) is 1. The Balaban J connectivity index is 1.46. The van der Waals surface area contributed by atoms with Gasteiger partial charge in [-0.15, -0.1) is 0 Å². The molecule has 0 saturated heterocycles. The molecule has 148 valence electrons. The zero-order chi connectivity index (χ0) is 19.9. The molecule has 0 unspecified atom stereocenters. The molecule has 1 aliphatic rings. The quantitative estimate of drug-likeness (QED) is 0.833. The lowest BCUT2D eigenvalue weighted by atomic mass is 10.00. The van der Waals surface area contributed by atoms with Gasteiger partial charge in [-0.2, -0.15) is 0 Å². The molecule has 0 radical (unpaired) electrons. The van der Waals surface area contributed by atoms with E-state index in [2.05, 4.69) is 17.4 Å². The second-order valence-electron chi connectivity index (χ2n) is 6.89. The third kappa shape index (κ3) is 5.03. The Labute approximate surface area is 166 Å². The molecule has 1 N–H and O–H groups in total. The highest BCUT2D eigenvalue weighted by Gasteiger charge is 2.21. The van der Waals surface area contributed by atoms with Crippen molar-refractivity contribution in [3.63, 3.8) is 0 Å². The van der Waals surface area contributed by atoms with Gasteiger partial charge in [-0.1, -0.05) is 24.3 Å². The zero-order valence-electron chi connectivity index (χ0n) is 16.5. The molecule has 0 bridgehead atoms. The molecule has 2 aromatic carbocycles. The van der Waals surface area contributed by atoms with E-state index < -0.39 is 0 Å². The van der Waals surface area contributed by atoms with E-state index in [9.17, 15) is 9.59 Å². The van der Waals surface area contributed by atoms with Crippen molar-refractivity contribution in [2.45, 2.75) is 26.3 Å². The monoisotopic (exact) mass is 381 g/mol. The van der Waals surface area contributed by atoms with Gasteiger partial charge >= 0.3 is 6.03 Å². The van der Waals surface area contributed by atoms with Crippen LogP contribution in [-0.2, 0) is 17.8 Å². The number of rotatable bonds is 6. The number of benzene rings is 2. The molecule has 28 heavy (non-hydrogen) atoms. The predicted octanol–water partition coefficient (Wildman–Crippen LogP) is 3.52. The maximum atomic E-state index is 12.5. The summed E-state index contributed by atoms with van der Waals surface area (Å²) in [6.07, 6.45) is 1.20. The van der Waals surface area contributed by atoms with Crippen LogP contribution >= 0.6 is 0 Å². The van der Waals surface area contributed by atoms with E-state index in [-0.39, 0.29) is 11.9 Å². The lowest BCUT2D eigenvalue weighted by Gasteiger charge is -2.29. The first-order valence-electron chi connectivity index (χ1n) is 9.66. The van der Waals surface area contributed by atoms with Crippen molar-refractivity contribution in [3.05, 3.63) is 59.7 Å². The summed E-state index contributed by atoms with van der Waals surface area (Å²) in [6.45, 7) is 4.29. The summed E-state index contributed by atoms with van der Waals surface area (Å²) < 4.78 is 5.39. The smallest absolute Gasteiger partial charge is 0.321 e. The molecule has 0 atom stereocenters. The third-order valence-electron chi connectivity index (χ3n) is 4.91. The van der Waals surface area contributed by atoms with Crippen molar-refractivity contribution >= 4 is 17.6 Å². The molecule has 0 saturated carbocycles. The second kappa shape index (κ2) is 9.26. The summed E-state index contributed by atoms with van der Waals surface area (Å²) in [5.74, 6) is 0.845. The average Bonchev–Trinajstić information content (AvgIpc) is 2.73. The largest absolute Gasteiger partial charge is 0.494 e. The summed E-state index contributed by atoms with van der Waals surface area (Å²) in [7, 11) is 1.70. The van der Waals surface area contributed by atoms with Gasteiger partial charge in [-0.3, -0.25) is 4.79 Å². The molecule has 0 spiro atoms. The highest BCUT2D eigenvalue weighted by atomic mass is 16.5. The highest BCUT2D eigenvalue weighted by Crippen LogP contribution is 2.19. The van der Waals surface area contributed by atoms with Crippen LogP contribution in [0.25, 0.3) is 0 Å². The van der Waals surface area contributed by atoms with Gasteiger partial charge in [0.15, 0.2) is 0 Å². The van der Waals surface area contributed by atoms with Gasteiger partial charge in [0.05, 0.1) is 6.61 Å². The van der Waals surface area contributed by atoms with Crippen molar-refractivity contribution in [1.29, 1.82) is 0 Å². The van der Waals surface area contributed by atoms with E-state index in [0.717, 1.165) is 18.7 Å². The molecule has 3 amide bonds. The summed E-state index contributed by atoms with van der Waals surface area (Å²) >= 11 is 0. The van der Waals surface area contributed by atoms with Crippen molar-refractivity contribution in [2.24, 2.45) is 0 Å². The molecular weight excluding hydrogens is 354 g/mol. The minimum atomic E-state index is -0.235. The van der Waals surface area contributed by atoms with E-state index in [1.54, 1.807) is 19.2 Å². The molecule has 0 aliphatic carbocycles. The summed E-state index contributed by atoms with van der Waals surface area (Å²) in [5.41, 5.74) is 3.22. The Morgan fingerprint density at radius 1 is 1.11 bits per heavy atom. The van der Waals surface area contributed by atoms with Crippen LogP contribution in [0.3, 0.4) is 0 Å². The molecule has 6 nitrogen and oxygen atoms in total. The molecule has 0 aromatic heterocycles. The van der Waals surface area contributed by atoms with Crippen molar-refractivity contribution in [1.82, 2.24) is 9.80 Å². The number of urea groups is 1. The molecular formula is C22H27N3O3. The summed E-state index contributed by atoms with van der Waals surface area (Å²) in [6, 6.07) is 15.2. The van der Waals surface area contributed by atoms with Crippen LogP contribution in [0, 0.1) is 0 Å². The number of carbonyl (C=O) groups is 2. The van der Waals surface area contributed by atoms with Crippen LogP contribution in [0.1, 0.15) is 24.5 Å². The number of nitrogens with one attached hydrogen (secondary N) is 1. The second-order valence-corrected chi connectivity index (χ2v) is 6.89. The van der Waals surface area contributed by atoms with Gasteiger partial charge < -0.3 is 19.9 Å². The zero-order valence-corrected chi connectivity index (χ0v) is 16.5. The fraction of sp³-hybridized carbons (Fsp3) is 0.364. The van der Waals surface area contributed by atoms with Crippen LogP contribution < -0.4 is 10.1 Å². The molecule has 6 heteroatoms. The minimum Gasteiger partial charge on any atom is -0.494 e. The number of amides is 3. The van der Waals surface area contributed by atoms with E-state index >= 15 is 0 Å². The summed E-state index contributed by atoms with van der Waals surface area (Å²) in [4.78, 5) is 28.3. The maximum Gasteiger partial charge on any atom is 0.321 e. The van der Waals surface area contributed by atoms with Gasteiger partial charge in [0, 0.05) is 38.8 Å². The standard InChI is InChI=1S/C22H27N3O3/c1-3-28-20-10-8-19(9-11-20)23-22(27)24(2)14-13-21(26)25-15-12-17-6-4-5-7-18(17)16-25/h4-11H,3,12-16H2,1-2H3,(H,23,27). The van der Waals surface area contributed by atoms with Crippen LogP contribution in [0.5, 0.6) is 5.75 Å². The van der Waals surface area contributed by atoms with Crippen LogP contribution in [0.4, 0.5) is 10.5 Å². The Bertz CT molecular complexity index is 820. The fourth-order valence-electron chi connectivity index (χ4n) is 3.25. The normalized spacial score (nSPS) is 12.9. The topological polar surface area (TPSA) is 61.9 Å². The molecule has 3 rings (SSSR count). The van der Waals surface area contributed by atoms with E-state index in [1.165, 1.54) is 16.0 Å². The number of fused-ring (bicyclic) bond motifs is 1. The molecule has 1 aliphatic heterocycles. The average molecular weight is 381 g/mol. The lowest BCUT2D eigenvalue weighted by molar-refractivity contribution is -0.132. The Morgan fingerprint density at radius 2 is 1.82 bits per heavy atom. The van der Waals surface area contributed by atoms with E-state index in [0.29, 0.717) is 31.8 Å². The number of anilines is 1. The predicted molar refractivity (Wildman–Crippen MR) is 109 cm³/mol. The lowest BCUT2D eigenvalue weighted by Crippen LogP contribution is -2.39. The molecule has 1 heterocycles. The Morgan fingerprint density at radius 3 is 2.54 bits per heavy atom. The first-order valence-corrected chi connectivity index (χ1v) is 9.66. The van der Waals surface area contributed by atoms with Crippen LogP contribution in [0.15, 0.2) is 48.5 Å². The first-order chi connectivity index (χ1) is 13.6. The van der Waals surface area contributed by atoms with Gasteiger partial charge in [-0.25, -0.2) is 4.79 Å². The van der Waals surface area contributed by atoms with Crippen molar-refractivity contribution in [2.75, 3.05) is 32.1 Å². The summed E-state index contributed by atoms with van der Waals surface area (Å²) in [5, 5.41) is 2.83.